The van der Waals surface area contributed by atoms with Crippen LogP contribution in [0.3, 0.4) is 0 Å². The summed E-state index contributed by atoms with van der Waals surface area (Å²) in [5.74, 6) is 1.52. The lowest BCUT2D eigenvalue weighted by atomic mass is 9.94. The first-order valence-corrected chi connectivity index (χ1v) is 7.39. The minimum absolute atomic E-state index is 0.487. The first-order valence-electron chi connectivity index (χ1n) is 7.39. The Morgan fingerprint density at radius 2 is 2.33 bits per heavy atom. The number of piperidine rings is 1. The van der Waals surface area contributed by atoms with Crippen molar-refractivity contribution in [1.29, 1.82) is 0 Å². The first kappa shape index (κ1) is 12.5. The van der Waals surface area contributed by atoms with Gasteiger partial charge >= 0.3 is 0 Å². The zero-order chi connectivity index (χ0) is 14.1. The summed E-state index contributed by atoms with van der Waals surface area (Å²) in [6.07, 6.45) is 7.90. The molecule has 0 saturated carbocycles. The SMILES string of the molecule is c1c[nH]c(CN2CCC[C@@H](c3ccc4cn[nH]c4n3)C2)n1. The van der Waals surface area contributed by atoms with Gasteiger partial charge in [-0.1, -0.05) is 0 Å². The molecule has 3 aromatic rings. The van der Waals surface area contributed by atoms with E-state index in [0.717, 1.165) is 42.2 Å². The van der Waals surface area contributed by atoms with E-state index in [1.54, 1.807) is 0 Å². The van der Waals surface area contributed by atoms with Crippen molar-refractivity contribution in [2.75, 3.05) is 13.1 Å². The summed E-state index contributed by atoms with van der Waals surface area (Å²) in [6, 6.07) is 4.24. The van der Waals surface area contributed by atoms with Crippen LogP contribution in [0.1, 0.15) is 30.3 Å². The molecule has 108 valence electrons. The number of nitrogens with one attached hydrogen (secondary N) is 2. The Labute approximate surface area is 122 Å². The summed E-state index contributed by atoms with van der Waals surface area (Å²) >= 11 is 0. The molecule has 1 aliphatic rings. The summed E-state index contributed by atoms with van der Waals surface area (Å²) in [5.41, 5.74) is 2.05. The van der Waals surface area contributed by atoms with E-state index in [1.165, 1.54) is 12.8 Å². The molecular formula is C15H18N6. The van der Waals surface area contributed by atoms with Gasteiger partial charge in [0.05, 0.1) is 12.7 Å². The molecule has 21 heavy (non-hydrogen) atoms. The Kier molecular flexibility index (Phi) is 3.16. The van der Waals surface area contributed by atoms with E-state index in [0.29, 0.717) is 5.92 Å². The third kappa shape index (κ3) is 2.54. The van der Waals surface area contributed by atoms with E-state index < -0.39 is 0 Å². The van der Waals surface area contributed by atoms with Crippen molar-refractivity contribution in [3.63, 3.8) is 0 Å². The third-order valence-electron chi connectivity index (χ3n) is 4.17. The average molecular weight is 282 g/mol. The van der Waals surface area contributed by atoms with Crippen LogP contribution in [-0.2, 0) is 6.54 Å². The predicted molar refractivity (Wildman–Crippen MR) is 79.7 cm³/mol. The number of H-pyrrole nitrogens is 2. The number of rotatable bonds is 3. The van der Waals surface area contributed by atoms with Crippen LogP contribution in [0.25, 0.3) is 11.0 Å². The van der Waals surface area contributed by atoms with E-state index >= 15 is 0 Å². The second kappa shape index (κ2) is 5.29. The van der Waals surface area contributed by atoms with Gasteiger partial charge in [0, 0.05) is 35.9 Å². The molecule has 0 bridgehead atoms. The number of hydrogen-bond donors (Lipinski definition) is 2. The summed E-state index contributed by atoms with van der Waals surface area (Å²) in [7, 11) is 0. The molecule has 0 aromatic carbocycles. The highest BCUT2D eigenvalue weighted by molar-refractivity contribution is 5.73. The molecule has 1 saturated heterocycles. The molecule has 0 radical (unpaired) electrons. The van der Waals surface area contributed by atoms with Gasteiger partial charge in [0.1, 0.15) is 5.82 Å². The van der Waals surface area contributed by atoms with Crippen molar-refractivity contribution in [2.24, 2.45) is 0 Å². The number of imidazole rings is 1. The number of nitrogens with zero attached hydrogens (tertiary/aromatic N) is 4. The molecule has 4 rings (SSSR count). The Hall–Kier alpha value is -2.21. The second-order valence-corrected chi connectivity index (χ2v) is 5.65. The van der Waals surface area contributed by atoms with Crippen molar-refractivity contribution in [3.05, 3.63) is 42.2 Å². The van der Waals surface area contributed by atoms with E-state index in [4.69, 9.17) is 4.98 Å². The first-order chi connectivity index (χ1) is 10.4. The van der Waals surface area contributed by atoms with Crippen molar-refractivity contribution in [1.82, 2.24) is 30.0 Å². The standard InChI is InChI=1S/C15H18N6/c1-2-12(9-21(7-1)10-14-16-5-6-17-14)13-4-3-11-8-18-20-15(11)19-13/h3-6,8,12H,1-2,7,9-10H2,(H,16,17)(H,18,19,20)/t12-/m1/s1. The Morgan fingerprint density at radius 1 is 1.33 bits per heavy atom. The molecule has 6 heteroatoms. The molecule has 1 aliphatic heterocycles. The number of fused-ring (bicyclic) bond motifs is 1. The highest BCUT2D eigenvalue weighted by atomic mass is 15.2. The maximum Gasteiger partial charge on any atom is 0.155 e. The lowest BCUT2D eigenvalue weighted by molar-refractivity contribution is 0.195. The van der Waals surface area contributed by atoms with E-state index in [1.807, 2.05) is 18.6 Å². The smallest absolute Gasteiger partial charge is 0.155 e. The van der Waals surface area contributed by atoms with Crippen molar-refractivity contribution >= 4 is 11.0 Å². The molecule has 3 aromatic heterocycles. The van der Waals surface area contributed by atoms with Gasteiger partial charge in [-0.2, -0.15) is 5.10 Å². The van der Waals surface area contributed by atoms with Gasteiger partial charge in [-0.25, -0.2) is 9.97 Å². The predicted octanol–water partition coefficient (Wildman–Crippen LogP) is 2.06. The van der Waals surface area contributed by atoms with Crippen LogP contribution in [-0.4, -0.2) is 43.1 Å². The van der Waals surface area contributed by atoms with Gasteiger partial charge < -0.3 is 4.98 Å². The van der Waals surface area contributed by atoms with Crippen LogP contribution >= 0.6 is 0 Å². The van der Waals surface area contributed by atoms with Crippen LogP contribution in [0, 0.1) is 0 Å². The third-order valence-corrected chi connectivity index (χ3v) is 4.17. The van der Waals surface area contributed by atoms with E-state index in [2.05, 4.69) is 37.2 Å². The van der Waals surface area contributed by atoms with Crippen LogP contribution in [0.5, 0.6) is 0 Å². The summed E-state index contributed by atoms with van der Waals surface area (Å²) < 4.78 is 0. The zero-order valence-electron chi connectivity index (χ0n) is 11.8. The maximum absolute atomic E-state index is 4.72. The zero-order valence-corrected chi connectivity index (χ0v) is 11.8. The minimum atomic E-state index is 0.487. The van der Waals surface area contributed by atoms with Crippen LogP contribution in [0.4, 0.5) is 0 Å². The van der Waals surface area contributed by atoms with E-state index in [9.17, 15) is 0 Å². The van der Waals surface area contributed by atoms with Gasteiger partial charge in [0.25, 0.3) is 0 Å². The molecule has 0 spiro atoms. The molecule has 0 unspecified atom stereocenters. The Bertz CT molecular complexity index is 717. The molecule has 4 heterocycles. The number of likely N-dealkylation sites (tertiary alicyclic amines) is 1. The summed E-state index contributed by atoms with van der Waals surface area (Å²) in [5, 5.41) is 8.07. The monoisotopic (exact) mass is 282 g/mol. The van der Waals surface area contributed by atoms with Crippen LogP contribution in [0.15, 0.2) is 30.7 Å². The molecule has 0 aliphatic carbocycles. The maximum atomic E-state index is 4.72. The van der Waals surface area contributed by atoms with Crippen molar-refractivity contribution < 1.29 is 0 Å². The van der Waals surface area contributed by atoms with Gasteiger partial charge in [-0.05, 0) is 31.5 Å². The Balaban J connectivity index is 1.51. The highest BCUT2D eigenvalue weighted by Crippen LogP contribution is 2.27. The number of aromatic nitrogens is 5. The largest absolute Gasteiger partial charge is 0.348 e. The fourth-order valence-electron chi connectivity index (χ4n) is 3.11. The van der Waals surface area contributed by atoms with Crippen molar-refractivity contribution in [3.8, 4) is 0 Å². The Morgan fingerprint density at radius 3 is 3.24 bits per heavy atom. The summed E-state index contributed by atoms with van der Waals surface area (Å²) in [4.78, 5) is 14.7. The lowest BCUT2D eigenvalue weighted by Crippen LogP contribution is -2.34. The quantitative estimate of drug-likeness (QED) is 0.771. The van der Waals surface area contributed by atoms with Gasteiger partial charge in [0.2, 0.25) is 0 Å². The van der Waals surface area contributed by atoms with Crippen LogP contribution < -0.4 is 0 Å². The molecule has 2 N–H and O–H groups in total. The van der Waals surface area contributed by atoms with Gasteiger partial charge in [-0.15, -0.1) is 0 Å². The minimum Gasteiger partial charge on any atom is -0.348 e. The lowest BCUT2D eigenvalue weighted by Gasteiger charge is -2.31. The number of aromatic amines is 2. The number of pyridine rings is 1. The highest BCUT2D eigenvalue weighted by Gasteiger charge is 2.23. The number of hydrogen-bond acceptors (Lipinski definition) is 4. The van der Waals surface area contributed by atoms with Crippen LogP contribution in [0.2, 0.25) is 0 Å². The molecule has 0 amide bonds. The fourth-order valence-corrected chi connectivity index (χ4v) is 3.11. The fraction of sp³-hybridized carbons (Fsp3) is 0.400. The average Bonchev–Trinajstić information content (AvgIpc) is 3.17. The molecule has 1 fully saturated rings. The molecule has 6 nitrogen and oxygen atoms in total. The molecular weight excluding hydrogens is 264 g/mol. The molecule has 1 atom stereocenters. The van der Waals surface area contributed by atoms with E-state index in [-0.39, 0.29) is 0 Å². The normalized spacial score (nSPS) is 20.1. The van der Waals surface area contributed by atoms with Gasteiger partial charge in [0.15, 0.2) is 5.65 Å². The topological polar surface area (TPSA) is 73.5 Å². The summed E-state index contributed by atoms with van der Waals surface area (Å²) in [6.45, 7) is 3.05. The second-order valence-electron chi connectivity index (χ2n) is 5.65. The van der Waals surface area contributed by atoms with Gasteiger partial charge in [-0.3, -0.25) is 10.00 Å². The van der Waals surface area contributed by atoms with Crippen molar-refractivity contribution in [2.45, 2.75) is 25.3 Å².